The predicted octanol–water partition coefficient (Wildman–Crippen LogP) is 2.77. The van der Waals surface area contributed by atoms with Crippen molar-refractivity contribution in [2.24, 2.45) is 5.92 Å². The van der Waals surface area contributed by atoms with E-state index in [1.807, 2.05) is 0 Å². The molecule has 0 aliphatic rings. The van der Waals surface area contributed by atoms with E-state index in [9.17, 15) is 4.79 Å². The quantitative estimate of drug-likeness (QED) is 0.609. The average molecular weight is 199 g/mol. The molecule has 0 fully saturated rings. The van der Waals surface area contributed by atoms with Gasteiger partial charge in [-0.05, 0) is 18.9 Å². The third-order valence-corrected chi connectivity index (χ3v) is 2.46. The van der Waals surface area contributed by atoms with Gasteiger partial charge < -0.3 is 5.32 Å². The van der Waals surface area contributed by atoms with Crippen LogP contribution < -0.4 is 5.32 Å². The minimum absolute atomic E-state index is 0.421. The van der Waals surface area contributed by atoms with E-state index in [0.29, 0.717) is 17.7 Å². The van der Waals surface area contributed by atoms with E-state index in [2.05, 4.69) is 33.0 Å². The van der Waals surface area contributed by atoms with Gasteiger partial charge in [-0.25, -0.2) is 0 Å². The van der Waals surface area contributed by atoms with E-state index in [1.54, 1.807) is 0 Å². The Kier molecular flexibility index (Phi) is 7.77. The summed E-state index contributed by atoms with van der Waals surface area (Å²) in [5.41, 5.74) is 0. The Labute approximate surface area is 88.5 Å². The van der Waals surface area contributed by atoms with Gasteiger partial charge in [-0.1, -0.05) is 34.1 Å². The second kappa shape index (κ2) is 7.98. The second-order valence-electron chi connectivity index (χ2n) is 4.47. The molecule has 0 bridgehead atoms. The summed E-state index contributed by atoms with van der Waals surface area (Å²) in [6.07, 6.45) is 3.59. The van der Waals surface area contributed by atoms with Crippen molar-refractivity contribution in [2.75, 3.05) is 6.54 Å². The fraction of sp³-hybridized carbons (Fsp3) is 0.917. The Morgan fingerprint density at radius 1 is 1.29 bits per heavy atom. The summed E-state index contributed by atoms with van der Waals surface area (Å²) >= 11 is 0. The van der Waals surface area contributed by atoms with E-state index >= 15 is 0 Å². The molecule has 0 aromatic rings. The number of nitrogens with one attached hydrogen (secondary N) is 1. The fourth-order valence-corrected chi connectivity index (χ4v) is 1.31. The Balaban J connectivity index is 3.36. The molecular weight excluding hydrogens is 174 g/mol. The van der Waals surface area contributed by atoms with Gasteiger partial charge in [0.05, 0.1) is 0 Å². The summed E-state index contributed by atoms with van der Waals surface area (Å²) in [4.78, 5) is 11.4. The summed E-state index contributed by atoms with van der Waals surface area (Å²) in [5.74, 6) is 0.977. The highest BCUT2D eigenvalue weighted by molar-refractivity contribution is 5.78. The van der Waals surface area contributed by atoms with Crippen molar-refractivity contribution in [2.45, 2.75) is 59.4 Å². The van der Waals surface area contributed by atoms with Crippen LogP contribution in [0.25, 0.3) is 0 Å². The van der Waals surface area contributed by atoms with Crippen LogP contribution in [0.3, 0.4) is 0 Å². The maximum absolute atomic E-state index is 11.4. The highest BCUT2D eigenvalue weighted by Gasteiger charge is 2.06. The molecule has 0 saturated heterocycles. The SMILES string of the molecule is CCC(C)CC(=O)CCCNC(C)C. The van der Waals surface area contributed by atoms with Gasteiger partial charge in [0.1, 0.15) is 5.78 Å². The van der Waals surface area contributed by atoms with E-state index in [4.69, 9.17) is 0 Å². The molecule has 0 radical (unpaired) electrons. The smallest absolute Gasteiger partial charge is 0.133 e. The van der Waals surface area contributed by atoms with E-state index < -0.39 is 0 Å². The molecule has 0 rings (SSSR count). The van der Waals surface area contributed by atoms with Crippen molar-refractivity contribution >= 4 is 5.78 Å². The van der Waals surface area contributed by atoms with Crippen molar-refractivity contribution < 1.29 is 4.79 Å². The van der Waals surface area contributed by atoms with E-state index in [-0.39, 0.29) is 0 Å². The Morgan fingerprint density at radius 2 is 1.93 bits per heavy atom. The van der Waals surface area contributed by atoms with Crippen LogP contribution in [0.4, 0.5) is 0 Å². The predicted molar refractivity (Wildman–Crippen MR) is 61.5 cm³/mol. The molecule has 0 heterocycles. The van der Waals surface area contributed by atoms with Crippen LogP contribution in [0, 0.1) is 5.92 Å². The first kappa shape index (κ1) is 13.6. The molecule has 1 atom stereocenters. The summed E-state index contributed by atoms with van der Waals surface area (Å²) in [7, 11) is 0. The van der Waals surface area contributed by atoms with Gasteiger partial charge in [0.2, 0.25) is 0 Å². The molecule has 0 aliphatic heterocycles. The van der Waals surface area contributed by atoms with Gasteiger partial charge in [-0.15, -0.1) is 0 Å². The van der Waals surface area contributed by atoms with E-state index in [0.717, 1.165) is 32.2 Å². The molecule has 2 heteroatoms. The van der Waals surface area contributed by atoms with Crippen molar-refractivity contribution in [3.8, 4) is 0 Å². The largest absolute Gasteiger partial charge is 0.315 e. The molecule has 0 amide bonds. The van der Waals surface area contributed by atoms with Crippen LogP contribution in [0.15, 0.2) is 0 Å². The van der Waals surface area contributed by atoms with Crippen molar-refractivity contribution in [1.29, 1.82) is 0 Å². The van der Waals surface area contributed by atoms with Gasteiger partial charge in [0, 0.05) is 18.9 Å². The highest BCUT2D eigenvalue weighted by atomic mass is 16.1. The number of carbonyl (C=O) groups is 1. The lowest BCUT2D eigenvalue weighted by molar-refractivity contribution is -0.119. The number of hydrogen-bond donors (Lipinski definition) is 1. The monoisotopic (exact) mass is 199 g/mol. The first-order chi connectivity index (χ1) is 6.56. The average Bonchev–Trinajstić information content (AvgIpc) is 2.12. The zero-order valence-electron chi connectivity index (χ0n) is 10.1. The highest BCUT2D eigenvalue weighted by Crippen LogP contribution is 2.08. The van der Waals surface area contributed by atoms with Gasteiger partial charge >= 0.3 is 0 Å². The molecule has 0 spiro atoms. The van der Waals surface area contributed by atoms with Crippen LogP contribution in [0.5, 0.6) is 0 Å². The van der Waals surface area contributed by atoms with Crippen LogP contribution in [-0.2, 0) is 4.79 Å². The normalized spacial score (nSPS) is 13.2. The first-order valence-electron chi connectivity index (χ1n) is 5.81. The van der Waals surface area contributed by atoms with Crippen LogP contribution >= 0.6 is 0 Å². The molecule has 1 unspecified atom stereocenters. The van der Waals surface area contributed by atoms with Gasteiger partial charge in [0.15, 0.2) is 0 Å². The van der Waals surface area contributed by atoms with Gasteiger partial charge in [-0.3, -0.25) is 4.79 Å². The molecule has 0 aliphatic carbocycles. The molecule has 0 saturated carbocycles. The molecule has 2 nitrogen and oxygen atoms in total. The van der Waals surface area contributed by atoms with Crippen LogP contribution in [-0.4, -0.2) is 18.4 Å². The lowest BCUT2D eigenvalue weighted by Crippen LogP contribution is -2.24. The molecule has 14 heavy (non-hydrogen) atoms. The summed E-state index contributed by atoms with van der Waals surface area (Å²) < 4.78 is 0. The Hall–Kier alpha value is -0.370. The summed E-state index contributed by atoms with van der Waals surface area (Å²) in [6.45, 7) is 9.49. The molecular formula is C12H25NO. The molecule has 0 aromatic carbocycles. The first-order valence-corrected chi connectivity index (χ1v) is 5.81. The minimum atomic E-state index is 0.421. The Morgan fingerprint density at radius 3 is 2.43 bits per heavy atom. The number of hydrogen-bond acceptors (Lipinski definition) is 2. The standard InChI is InChI=1S/C12H25NO/c1-5-11(4)9-12(14)7-6-8-13-10(2)3/h10-11,13H,5-9H2,1-4H3. The molecule has 84 valence electrons. The third kappa shape index (κ3) is 8.24. The summed E-state index contributed by atoms with van der Waals surface area (Å²) in [5, 5.41) is 3.32. The van der Waals surface area contributed by atoms with Gasteiger partial charge in [-0.2, -0.15) is 0 Å². The second-order valence-corrected chi connectivity index (χ2v) is 4.47. The van der Waals surface area contributed by atoms with Crippen LogP contribution in [0.1, 0.15) is 53.4 Å². The van der Waals surface area contributed by atoms with Crippen molar-refractivity contribution in [3.05, 3.63) is 0 Å². The maximum atomic E-state index is 11.4. The zero-order valence-corrected chi connectivity index (χ0v) is 10.1. The third-order valence-electron chi connectivity index (χ3n) is 2.46. The lowest BCUT2D eigenvalue weighted by Gasteiger charge is -2.09. The van der Waals surface area contributed by atoms with Gasteiger partial charge in [0.25, 0.3) is 0 Å². The fourth-order valence-electron chi connectivity index (χ4n) is 1.31. The minimum Gasteiger partial charge on any atom is -0.315 e. The number of ketones is 1. The Bertz CT molecular complexity index is 154. The summed E-state index contributed by atoms with van der Waals surface area (Å²) in [6, 6.07) is 0.527. The zero-order chi connectivity index (χ0) is 11.0. The molecule has 0 aromatic heterocycles. The lowest BCUT2D eigenvalue weighted by atomic mass is 10.00. The number of carbonyl (C=O) groups excluding carboxylic acids is 1. The number of rotatable bonds is 8. The van der Waals surface area contributed by atoms with E-state index in [1.165, 1.54) is 0 Å². The van der Waals surface area contributed by atoms with Crippen molar-refractivity contribution in [3.63, 3.8) is 0 Å². The maximum Gasteiger partial charge on any atom is 0.133 e. The molecule has 1 N–H and O–H groups in total. The number of Topliss-reactive ketones (excluding diaryl/α,β-unsaturated/α-hetero) is 1. The van der Waals surface area contributed by atoms with Crippen LogP contribution in [0.2, 0.25) is 0 Å². The van der Waals surface area contributed by atoms with Crippen molar-refractivity contribution in [1.82, 2.24) is 5.32 Å². The topological polar surface area (TPSA) is 29.1 Å².